The fourth-order valence-electron chi connectivity index (χ4n) is 2.67. The van der Waals surface area contributed by atoms with Gasteiger partial charge in [-0.25, -0.2) is 4.98 Å². The summed E-state index contributed by atoms with van der Waals surface area (Å²) < 4.78 is 5.94. The van der Waals surface area contributed by atoms with Crippen molar-refractivity contribution in [2.45, 2.75) is 44.9 Å². The van der Waals surface area contributed by atoms with Gasteiger partial charge in [-0.2, -0.15) is 0 Å². The predicted octanol–water partition coefficient (Wildman–Crippen LogP) is 3.59. The quantitative estimate of drug-likeness (QED) is 0.849. The van der Waals surface area contributed by atoms with E-state index in [1.165, 1.54) is 18.4 Å². The van der Waals surface area contributed by atoms with Crippen molar-refractivity contribution < 1.29 is 4.42 Å². The summed E-state index contributed by atoms with van der Waals surface area (Å²) in [4.78, 5) is 4.59. The molecule has 102 valence electrons. The standard InChI is InChI=1S/C16H22N2O/c1-16(2,3)15-18-13-5-4-12(10-14(13)19-15)11-6-8-17-9-7-11/h4-5,10-11,17H,6-9H2,1-3H3. The topological polar surface area (TPSA) is 38.1 Å². The van der Waals surface area contributed by atoms with E-state index in [2.05, 4.69) is 49.3 Å². The Bertz CT molecular complexity index is 574. The molecule has 0 spiro atoms. The highest BCUT2D eigenvalue weighted by Gasteiger charge is 2.22. The van der Waals surface area contributed by atoms with Crippen LogP contribution in [0.3, 0.4) is 0 Å². The van der Waals surface area contributed by atoms with Crippen molar-refractivity contribution in [3.8, 4) is 0 Å². The molecular weight excluding hydrogens is 236 g/mol. The Morgan fingerprint density at radius 2 is 1.95 bits per heavy atom. The molecule has 3 heteroatoms. The van der Waals surface area contributed by atoms with E-state index in [0.717, 1.165) is 30.1 Å². The van der Waals surface area contributed by atoms with Gasteiger partial charge >= 0.3 is 0 Å². The number of oxazole rings is 1. The van der Waals surface area contributed by atoms with Crippen LogP contribution < -0.4 is 5.32 Å². The first kappa shape index (κ1) is 12.7. The summed E-state index contributed by atoms with van der Waals surface area (Å²) in [7, 11) is 0. The highest BCUT2D eigenvalue weighted by Crippen LogP contribution is 2.30. The van der Waals surface area contributed by atoms with Gasteiger partial charge in [0.05, 0.1) is 0 Å². The van der Waals surface area contributed by atoms with Crippen molar-refractivity contribution >= 4 is 11.1 Å². The summed E-state index contributed by atoms with van der Waals surface area (Å²) in [6.07, 6.45) is 2.43. The minimum Gasteiger partial charge on any atom is -0.440 e. The first-order valence-corrected chi connectivity index (χ1v) is 7.16. The molecule has 1 aliphatic heterocycles. The normalized spacial score (nSPS) is 18.1. The second kappa shape index (κ2) is 4.64. The molecule has 2 heterocycles. The van der Waals surface area contributed by atoms with E-state index in [1.54, 1.807) is 0 Å². The molecule has 0 amide bonds. The zero-order valence-corrected chi connectivity index (χ0v) is 12.0. The number of hydrogen-bond acceptors (Lipinski definition) is 3. The van der Waals surface area contributed by atoms with Gasteiger partial charge in [0.25, 0.3) is 0 Å². The number of nitrogens with zero attached hydrogens (tertiary/aromatic N) is 1. The van der Waals surface area contributed by atoms with E-state index >= 15 is 0 Å². The zero-order chi connectivity index (χ0) is 13.5. The number of piperidine rings is 1. The minimum atomic E-state index is -0.0338. The lowest BCUT2D eigenvalue weighted by Crippen LogP contribution is -2.26. The third-order valence-corrected chi connectivity index (χ3v) is 3.86. The highest BCUT2D eigenvalue weighted by molar-refractivity contribution is 5.73. The summed E-state index contributed by atoms with van der Waals surface area (Å²) in [5.74, 6) is 1.48. The number of rotatable bonds is 1. The monoisotopic (exact) mass is 258 g/mol. The summed E-state index contributed by atoms with van der Waals surface area (Å²) in [6, 6.07) is 6.51. The van der Waals surface area contributed by atoms with Gasteiger partial charge in [0.1, 0.15) is 5.52 Å². The summed E-state index contributed by atoms with van der Waals surface area (Å²) >= 11 is 0. The van der Waals surface area contributed by atoms with Crippen molar-refractivity contribution in [2.75, 3.05) is 13.1 Å². The number of fused-ring (bicyclic) bond motifs is 1. The van der Waals surface area contributed by atoms with E-state index in [0.29, 0.717) is 5.92 Å². The van der Waals surface area contributed by atoms with Gasteiger partial charge in [0, 0.05) is 5.41 Å². The molecule has 0 saturated carbocycles. The van der Waals surface area contributed by atoms with E-state index in [-0.39, 0.29) is 5.41 Å². The summed E-state index contributed by atoms with van der Waals surface area (Å²) in [5, 5.41) is 3.41. The zero-order valence-electron chi connectivity index (χ0n) is 12.0. The largest absolute Gasteiger partial charge is 0.440 e. The van der Waals surface area contributed by atoms with Crippen molar-refractivity contribution in [3.05, 3.63) is 29.7 Å². The molecule has 1 fully saturated rings. The van der Waals surface area contributed by atoms with E-state index < -0.39 is 0 Å². The van der Waals surface area contributed by atoms with Crippen LogP contribution >= 0.6 is 0 Å². The lowest BCUT2D eigenvalue weighted by atomic mass is 9.90. The molecule has 1 aromatic heterocycles. The average Bonchev–Trinajstić information content (AvgIpc) is 2.82. The van der Waals surface area contributed by atoms with Crippen LogP contribution in [0.1, 0.15) is 51.0 Å². The van der Waals surface area contributed by atoms with Crippen LogP contribution in [0, 0.1) is 0 Å². The number of nitrogens with one attached hydrogen (secondary N) is 1. The lowest BCUT2D eigenvalue weighted by molar-refractivity contribution is 0.410. The van der Waals surface area contributed by atoms with Crippen LogP contribution in [-0.2, 0) is 5.41 Å². The molecule has 1 aliphatic rings. The fraction of sp³-hybridized carbons (Fsp3) is 0.562. The second-order valence-corrected chi connectivity index (χ2v) is 6.52. The Kier molecular flexibility index (Phi) is 3.09. The van der Waals surface area contributed by atoms with Crippen LogP contribution in [-0.4, -0.2) is 18.1 Å². The van der Waals surface area contributed by atoms with Gasteiger partial charge in [-0.15, -0.1) is 0 Å². The Hall–Kier alpha value is -1.35. The van der Waals surface area contributed by atoms with Gasteiger partial charge < -0.3 is 9.73 Å². The second-order valence-electron chi connectivity index (χ2n) is 6.52. The number of aromatic nitrogens is 1. The van der Waals surface area contributed by atoms with Gasteiger partial charge in [-0.1, -0.05) is 26.8 Å². The van der Waals surface area contributed by atoms with Crippen LogP contribution in [0.4, 0.5) is 0 Å². The van der Waals surface area contributed by atoms with Crippen LogP contribution in [0.15, 0.2) is 22.6 Å². The molecule has 0 unspecified atom stereocenters. The van der Waals surface area contributed by atoms with Crippen LogP contribution in [0.25, 0.3) is 11.1 Å². The molecule has 1 aromatic carbocycles. The molecule has 1 N–H and O–H groups in total. The van der Waals surface area contributed by atoms with Crippen molar-refractivity contribution in [1.82, 2.24) is 10.3 Å². The molecule has 3 rings (SSSR count). The first-order chi connectivity index (χ1) is 9.04. The van der Waals surface area contributed by atoms with Crippen molar-refractivity contribution in [3.63, 3.8) is 0 Å². The van der Waals surface area contributed by atoms with Gasteiger partial charge in [-0.3, -0.25) is 0 Å². The van der Waals surface area contributed by atoms with Gasteiger partial charge in [0.2, 0.25) is 5.89 Å². The van der Waals surface area contributed by atoms with Gasteiger partial charge in [-0.05, 0) is 49.5 Å². The molecular formula is C16H22N2O. The van der Waals surface area contributed by atoms with Crippen LogP contribution in [0.5, 0.6) is 0 Å². The molecule has 2 aromatic rings. The van der Waals surface area contributed by atoms with Gasteiger partial charge in [0.15, 0.2) is 5.58 Å². The third kappa shape index (κ3) is 2.52. The predicted molar refractivity (Wildman–Crippen MR) is 77.6 cm³/mol. The molecule has 3 nitrogen and oxygen atoms in total. The number of benzene rings is 1. The average molecular weight is 258 g/mol. The third-order valence-electron chi connectivity index (χ3n) is 3.86. The Morgan fingerprint density at radius 3 is 2.63 bits per heavy atom. The molecule has 0 aliphatic carbocycles. The Morgan fingerprint density at radius 1 is 1.21 bits per heavy atom. The molecule has 0 atom stereocenters. The van der Waals surface area contributed by atoms with E-state index in [9.17, 15) is 0 Å². The van der Waals surface area contributed by atoms with Crippen LogP contribution in [0.2, 0.25) is 0 Å². The maximum Gasteiger partial charge on any atom is 0.200 e. The van der Waals surface area contributed by atoms with Crippen molar-refractivity contribution in [1.29, 1.82) is 0 Å². The number of hydrogen-bond donors (Lipinski definition) is 1. The minimum absolute atomic E-state index is 0.0338. The maximum absolute atomic E-state index is 5.94. The molecule has 0 bridgehead atoms. The van der Waals surface area contributed by atoms with E-state index in [4.69, 9.17) is 4.42 Å². The van der Waals surface area contributed by atoms with Crippen molar-refractivity contribution in [2.24, 2.45) is 0 Å². The summed E-state index contributed by atoms with van der Waals surface area (Å²) in [6.45, 7) is 8.63. The SMILES string of the molecule is CC(C)(C)c1nc2ccc(C3CCNCC3)cc2o1. The smallest absolute Gasteiger partial charge is 0.200 e. The fourth-order valence-corrected chi connectivity index (χ4v) is 2.67. The molecule has 0 radical (unpaired) electrons. The lowest BCUT2D eigenvalue weighted by Gasteiger charge is -2.22. The van der Waals surface area contributed by atoms with E-state index in [1.807, 2.05) is 0 Å². The Balaban J connectivity index is 1.96. The first-order valence-electron chi connectivity index (χ1n) is 7.16. The molecule has 1 saturated heterocycles. The summed E-state index contributed by atoms with van der Waals surface area (Å²) in [5.41, 5.74) is 3.27. The highest BCUT2D eigenvalue weighted by atomic mass is 16.3. The Labute approximate surface area is 114 Å². The molecule has 19 heavy (non-hydrogen) atoms. The maximum atomic E-state index is 5.94.